The fraction of sp³-hybridized carbons (Fsp3) is 0.381. The van der Waals surface area contributed by atoms with Crippen molar-refractivity contribution in [2.45, 2.75) is 39.2 Å². The monoisotopic (exact) mass is 381 g/mol. The summed E-state index contributed by atoms with van der Waals surface area (Å²) in [7, 11) is 1.62. The SMILES string of the molecule is CCc1onc(C)c1C1CCCN1C(=O)c1cc(-c2ccc(OC)cc2)no1. The van der Waals surface area contributed by atoms with E-state index in [0.717, 1.165) is 47.6 Å². The van der Waals surface area contributed by atoms with Crippen molar-refractivity contribution in [3.05, 3.63) is 53.1 Å². The average molecular weight is 381 g/mol. The number of benzene rings is 1. The second kappa shape index (κ2) is 7.50. The number of amides is 1. The van der Waals surface area contributed by atoms with E-state index < -0.39 is 0 Å². The fourth-order valence-electron chi connectivity index (χ4n) is 3.83. The van der Waals surface area contributed by atoms with E-state index >= 15 is 0 Å². The minimum Gasteiger partial charge on any atom is -0.497 e. The van der Waals surface area contributed by atoms with Crippen LogP contribution in [-0.2, 0) is 6.42 Å². The van der Waals surface area contributed by atoms with Crippen LogP contribution in [0.5, 0.6) is 5.75 Å². The first-order valence-electron chi connectivity index (χ1n) is 9.49. The van der Waals surface area contributed by atoms with Gasteiger partial charge in [-0.3, -0.25) is 4.79 Å². The molecule has 7 nitrogen and oxygen atoms in total. The Balaban J connectivity index is 1.58. The van der Waals surface area contributed by atoms with Gasteiger partial charge in [0.1, 0.15) is 17.2 Å². The third-order valence-electron chi connectivity index (χ3n) is 5.26. The smallest absolute Gasteiger partial charge is 0.293 e. The van der Waals surface area contributed by atoms with Gasteiger partial charge in [-0.2, -0.15) is 0 Å². The van der Waals surface area contributed by atoms with Gasteiger partial charge in [0.15, 0.2) is 0 Å². The largest absolute Gasteiger partial charge is 0.497 e. The zero-order valence-corrected chi connectivity index (χ0v) is 16.3. The van der Waals surface area contributed by atoms with E-state index in [0.29, 0.717) is 12.2 Å². The summed E-state index contributed by atoms with van der Waals surface area (Å²) in [5.41, 5.74) is 3.36. The first-order chi connectivity index (χ1) is 13.6. The predicted molar refractivity (Wildman–Crippen MR) is 102 cm³/mol. The molecular formula is C21H23N3O4. The molecule has 0 N–H and O–H groups in total. The van der Waals surface area contributed by atoms with E-state index in [1.54, 1.807) is 13.2 Å². The van der Waals surface area contributed by atoms with E-state index in [1.165, 1.54) is 0 Å². The van der Waals surface area contributed by atoms with Crippen molar-refractivity contribution in [3.63, 3.8) is 0 Å². The highest BCUT2D eigenvalue weighted by atomic mass is 16.5. The minimum atomic E-state index is -0.155. The third kappa shape index (κ3) is 3.17. The Labute approximate surface area is 163 Å². The number of methoxy groups -OCH3 is 1. The van der Waals surface area contributed by atoms with Gasteiger partial charge >= 0.3 is 0 Å². The zero-order chi connectivity index (χ0) is 19.7. The van der Waals surface area contributed by atoms with Crippen LogP contribution >= 0.6 is 0 Å². The van der Waals surface area contributed by atoms with Crippen molar-refractivity contribution in [1.82, 2.24) is 15.2 Å². The molecule has 1 unspecified atom stereocenters. The van der Waals surface area contributed by atoms with Gasteiger partial charge < -0.3 is 18.7 Å². The molecule has 0 spiro atoms. The highest BCUT2D eigenvalue weighted by Gasteiger charge is 2.36. The molecular weight excluding hydrogens is 358 g/mol. The van der Waals surface area contributed by atoms with Gasteiger partial charge in [-0.15, -0.1) is 0 Å². The number of aromatic nitrogens is 2. The van der Waals surface area contributed by atoms with Crippen LogP contribution in [0.1, 0.15) is 53.4 Å². The summed E-state index contributed by atoms with van der Waals surface area (Å²) in [5.74, 6) is 1.69. The summed E-state index contributed by atoms with van der Waals surface area (Å²) in [5, 5.41) is 8.18. The van der Waals surface area contributed by atoms with E-state index in [-0.39, 0.29) is 17.7 Å². The summed E-state index contributed by atoms with van der Waals surface area (Å²) < 4.78 is 16.0. The number of ether oxygens (including phenoxy) is 1. The molecule has 1 aliphatic rings. The lowest BCUT2D eigenvalue weighted by atomic mass is 10.0. The van der Waals surface area contributed by atoms with Crippen LogP contribution in [0.25, 0.3) is 11.3 Å². The van der Waals surface area contributed by atoms with Gasteiger partial charge in [-0.1, -0.05) is 17.2 Å². The van der Waals surface area contributed by atoms with Crippen molar-refractivity contribution in [3.8, 4) is 17.0 Å². The van der Waals surface area contributed by atoms with Crippen LogP contribution in [-0.4, -0.2) is 34.8 Å². The van der Waals surface area contributed by atoms with Crippen molar-refractivity contribution < 1.29 is 18.6 Å². The lowest BCUT2D eigenvalue weighted by molar-refractivity contribution is 0.0692. The molecule has 2 aromatic heterocycles. The Bertz CT molecular complexity index is 974. The molecule has 28 heavy (non-hydrogen) atoms. The van der Waals surface area contributed by atoms with Crippen LogP contribution in [0.4, 0.5) is 0 Å². The third-order valence-corrected chi connectivity index (χ3v) is 5.26. The van der Waals surface area contributed by atoms with E-state index in [4.69, 9.17) is 13.8 Å². The van der Waals surface area contributed by atoms with Gasteiger partial charge in [-0.25, -0.2) is 0 Å². The van der Waals surface area contributed by atoms with Crippen molar-refractivity contribution >= 4 is 5.91 Å². The first-order valence-corrected chi connectivity index (χ1v) is 9.49. The molecule has 7 heteroatoms. The molecule has 1 fully saturated rings. The maximum atomic E-state index is 13.1. The predicted octanol–water partition coefficient (Wildman–Crippen LogP) is 4.19. The fourth-order valence-corrected chi connectivity index (χ4v) is 3.83. The minimum absolute atomic E-state index is 0.0387. The van der Waals surface area contributed by atoms with Crippen molar-refractivity contribution in [2.75, 3.05) is 13.7 Å². The maximum Gasteiger partial charge on any atom is 0.293 e. The van der Waals surface area contributed by atoms with E-state index in [9.17, 15) is 4.79 Å². The molecule has 4 rings (SSSR count). The number of hydrogen-bond acceptors (Lipinski definition) is 6. The van der Waals surface area contributed by atoms with Crippen molar-refractivity contribution in [2.24, 2.45) is 0 Å². The molecule has 1 saturated heterocycles. The number of carbonyl (C=O) groups excluding carboxylic acids is 1. The van der Waals surface area contributed by atoms with Crippen LogP contribution in [0.15, 0.2) is 39.4 Å². The molecule has 1 aromatic carbocycles. The number of hydrogen-bond donors (Lipinski definition) is 0. The maximum absolute atomic E-state index is 13.1. The summed E-state index contributed by atoms with van der Waals surface area (Å²) in [6, 6.07) is 9.13. The van der Waals surface area contributed by atoms with Crippen LogP contribution < -0.4 is 4.74 Å². The summed E-state index contributed by atoms with van der Waals surface area (Å²) in [6.07, 6.45) is 2.57. The van der Waals surface area contributed by atoms with Crippen LogP contribution in [0.3, 0.4) is 0 Å². The number of nitrogens with zero attached hydrogens (tertiary/aromatic N) is 3. The van der Waals surface area contributed by atoms with Gasteiger partial charge in [0, 0.05) is 30.2 Å². The standard InChI is InChI=1S/C21H23N3O4/c1-4-18-20(13(2)22-27-18)17-6-5-11-24(17)21(25)19-12-16(23-28-19)14-7-9-15(26-3)10-8-14/h7-10,12,17H,4-6,11H2,1-3H3. The Kier molecular flexibility index (Phi) is 4.90. The molecule has 0 saturated carbocycles. The summed E-state index contributed by atoms with van der Waals surface area (Å²) in [6.45, 7) is 4.63. The number of rotatable bonds is 5. The molecule has 0 aliphatic carbocycles. The van der Waals surface area contributed by atoms with Gasteiger partial charge in [0.05, 0.1) is 18.8 Å². The molecule has 0 bridgehead atoms. The number of aryl methyl sites for hydroxylation is 2. The highest BCUT2D eigenvalue weighted by molar-refractivity contribution is 5.93. The van der Waals surface area contributed by atoms with Crippen molar-refractivity contribution in [1.29, 1.82) is 0 Å². The molecule has 1 amide bonds. The Morgan fingerprint density at radius 1 is 1.25 bits per heavy atom. The average Bonchev–Trinajstić information content (AvgIpc) is 3.46. The molecule has 1 atom stereocenters. The van der Waals surface area contributed by atoms with E-state index in [2.05, 4.69) is 10.3 Å². The molecule has 3 aromatic rings. The normalized spacial score (nSPS) is 16.5. The second-order valence-corrected chi connectivity index (χ2v) is 6.92. The lowest BCUT2D eigenvalue weighted by Gasteiger charge is -2.23. The van der Waals surface area contributed by atoms with Gasteiger partial charge in [0.25, 0.3) is 5.91 Å². The quantitative estimate of drug-likeness (QED) is 0.659. The molecule has 3 heterocycles. The van der Waals surface area contributed by atoms with Gasteiger partial charge in [0.2, 0.25) is 5.76 Å². The topological polar surface area (TPSA) is 81.6 Å². The Hall–Kier alpha value is -3.09. The van der Waals surface area contributed by atoms with E-state index in [1.807, 2.05) is 43.0 Å². The summed E-state index contributed by atoms with van der Waals surface area (Å²) >= 11 is 0. The molecule has 0 radical (unpaired) electrons. The molecule has 1 aliphatic heterocycles. The highest BCUT2D eigenvalue weighted by Crippen LogP contribution is 2.37. The zero-order valence-electron chi connectivity index (χ0n) is 16.3. The van der Waals surface area contributed by atoms with Gasteiger partial charge in [-0.05, 0) is 44.0 Å². The van der Waals surface area contributed by atoms with Crippen LogP contribution in [0, 0.1) is 6.92 Å². The van der Waals surface area contributed by atoms with Crippen LogP contribution in [0.2, 0.25) is 0 Å². The Morgan fingerprint density at radius 2 is 2.04 bits per heavy atom. The Morgan fingerprint density at radius 3 is 2.75 bits per heavy atom. The lowest BCUT2D eigenvalue weighted by Crippen LogP contribution is -2.30. The second-order valence-electron chi connectivity index (χ2n) is 6.92. The molecule has 146 valence electrons. The number of likely N-dealkylation sites (tertiary alicyclic amines) is 1. The number of carbonyl (C=O) groups is 1. The summed E-state index contributed by atoms with van der Waals surface area (Å²) in [4.78, 5) is 15.0. The first kappa shape index (κ1) is 18.3.